The van der Waals surface area contributed by atoms with Crippen LogP contribution in [-0.2, 0) is 19.7 Å². The third-order valence-electron chi connectivity index (χ3n) is 5.25. The van der Waals surface area contributed by atoms with Crippen LogP contribution < -0.4 is 14.8 Å². The lowest BCUT2D eigenvalue weighted by Gasteiger charge is -2.08. The zero-order chi connectivity index (χ0) is 26.0. The molecule has 0 aromatic heterocycles. The van der Waals surface area contributed by atoms with Crippen LogP contribution in [0.2, 0.25) is 0 Å². The first kappa shape index (κ1) is 27.4. The molecule has 1 atom stereocenters. The molecule has 9 nitrogen and oxygen atoms in total. The number of anilines is 1. The summed E-state index contributed by atoms with van der Waals surface area (Å²) in [6, 6.07) is 12.0. The highest BCUT2D eigenvalue weighted by atomic mass is 32.2. The van der Waals surface area contributed by atoms with Crippen molar-refractivity contribution in [3.8, 4) is 5.75 Å². The van der Waals surface area contributed by atoms with Gasteiger partial charge in [-0.05, 0) is 60.5 Å². The number of carbonyl (C=O) groups excluding carboxylic acids is 2. The Labute approximate surface area is 215 Å². The molecule has 2 amide bonds. The summed E-state index contributed by atoms with van der Waals surface area (Å²) in [5, 5.41) is 13.8. The Morgan fingerprint density at radius 3 is 2.44 bits per heavy atom. The SMILES string of the molecule is CCCCCCCC1S/C(=N/N=C/c2ccc(OS(=O)(=O)c3ccc(NC(C)=O)cc3)cc2)NC1=O. The molecule has 0 bridgehead atoms. The van der Waals surface area contributed by atoms with Gasteiger partial charge in [-0.3, -0.25) is 9.59 Å². The van der Waals surface area contributed by atoms with Gasteiger partial charge >= 0.3 is 10.1 Å². The first-order valence-corrected chi connectivity index (χ1v) is 14.1. The monoisotopic (exact) mass is 530 g/mol. The van der Waals surface area contributed by atoms with Crippen LogP contribution in [0.1, 0.15) is 57.9 Å². The molecule has 2 aromatic rings. The van der Waals surface area contributed by atoms with Gasteiger partial charge < -0.3 is 14.8 Å². The van der Waals surface area contributed by atoms with E-state index in [9.17, 15) is 18.0 Å². The smallest absolute Gasteiger partial charge is 0.339 e. The number of nitrogens with zero attached hydrogens (tertiary/aromatic N) is 2. The summed E-state index contributed by atoms with van der Waals surface area (Å²) in [5.41, 5.74) is 1.17. The number of carbonyl (C=O) groups is 2. The summed E-state index contributed by atoms with van der Waals surface area (Å²) in [5.74, 6) is -0.136. The van der Waals surface area contributed by atoms with Gasteiger partial charge in [0.15, 0.2) is 5.17 Å². The zero-order valence-electron chi connectivity index (χ0n) is 20.3. The fourth-order valence-corrected chi connectivity index (χ4v) is 5.32. The van der Waals surface area contributed by atoms with Gasteiger partial charge in [0.05, 0.1) is 11.5 Å². The number of rotatable bonds is 12. The maximum atomic E-state index is 12.5. The van der Waals surface area contributed by atoms with Gasteiger partial charge in [0.2, 0.25) is 11.8 Å². The van der Waals surface area contributed by atoms with E-state index in [0.29, 0.717) is 16.4 Å². The second-order valence-electron chi connectivity index (χ2n) is 8.26. The number of thioether (sulfide) groups is 1. The number of amidine groups is 1. The zero-order valence-corrected chi connectivity index (χ0v) is 21.9. The van der Waals surface area contributed by atoms with Crippen LogP contribution in [0.4, 0.5) is 5.69 Å². The number of amides is 2. The van der Waals surface area contributed by atoms with Crippen molar-refractivity contribution in [2.45, 2.75) is 62.5 Å². The molecule has 2 N–H and O–H groups in total. The summed E-state index contributed by atoms with van der Waals surface area (Å²) in [7, 11) is -4.03. The lowest BCUT2D eigenvalue weighted by Crippen LogP contribution is -2.24. The molecule has 2 aromatic carbocycles. The first-order chi connectivity index (χ1) is 17.3. The predicted molar refractivity (Wildman–Crippen MR) is 143 cm³/mol. The Balaban J connectivity index is 1.52. The first-order valence-electron chi connectivity index (χ1n) is 11.8. The third-order valence-corrected chi connectivity index (χ3v) is 7.65. The molecule has 0 spiro atoms. The number of benzene rings is 2. The quantitative estimate of drug-likeness (QED) is 0.177. The van der Waals surface area contributed by atoms with Crippen LogP contribution in [0.5, 0.6) is 5.75 Å². The van der Waals surface area contributed by atoms with Crippen LogP contribution in [0.25, 0.3) is 0 Å². The lowest BCUT2D eigenvalue weighted by molar-refractivity contribution is -0.119. The Bertz CT molecular complexity index is 1210. The van der Waals surface area contributed by atoms with E-state index in [1.54, 1.807) is 12.1 Å². The molecule has 3 rings (SSSR count). The summed E-state index contributed by atoms with van der Waals surface area (Å²) >= 11 is 1.40. The molecule has 1 unspecified atom stereocenters. The van der Waals surface area contributed by atoms with Crippen molar-refractivity contribution in [2.24, 2.45) is 10.2 Å². The molecule has 0 radical (unpaired) electrons. The van der Waals surface area contributed by atoms with Crippen molar-refractivity contribution in [1.82, 2.24) is 5.32 Å². The molecular weight excluding hydrogens is 500 g/mol. The van der Waals surface area contributed by atoms with E-state index in [1.807, 2.05) is 0 Å². The maximum absolute atomic E-state index is 12.5. The van der Waals surface area contributed by atoms with Gasteiger partial charge in [-0.2, -0.15) is 13.5 Å². The van der Waals surface area contributed by atoms with Crippen molar-refractivity contribution >= 4 is 50.8 Å². The lowest BCUT2D eigenvalue weighted by atomic mass is 10.1. The highest BCUT2D eigenvalue weighted by Crippen LogP contribution is 2.25. The van der Waals surface area contributed by atoms with Gasteiger partial charge in [-0.1, -0.05) is 50.8 Å². The van der Waals surface area contributed by atoms with Gasteiger partial charge in [-0.15, -0.1) is 5.10 Å². The second-order valence-corrected chi connectivity index (χ2v) is 11.0. The normalized spacial score (nSPS) is 16.9. The average molecular weight is 531 g/mol. The largest absolute Gasteiger partial charge is 0.379 e. The molecular formula is C25H30N4O5S2. The minimum absolute atomic E-state index is 0.0306. The van der Waals surface area contributed by atoms with Gasteiger partial charge in [0.1, 0.15) is 10.6 Å². The van der Waals surface area contributed by atoms with Gasteiger partial charge in [0, 0.05) is 12.6 Å². The summed E-state index contributed by atoms with van der Waals surface area (Å²) < 4.78 is 30.2. The minimum Gasteiger partial charge on any atom is -0.379 e. The Hall–Kier alpha value is -3.18. The molecule has 1 heterocycles. The van der Waals surface area contributed by atoms with Gasteiger partial charge in [0.25, 0.3) is 0 Å². The van der Waals surface area contributed by atoms with Crippen molar-refractivity contribution in [3.05, 3.63) is 54.1 Å². The van der Waals surface area contributed by atoms with Crippen molar-refractivity contribution in [2.75, 3.05) is 5.32 Å². The summed E-state index contributed by atoms with van der Waals surface area (Å²) in [6.45, 7) is 3.54. The maximum Gasteiger partial charge on any atom is 0.339 e. The molecule has 1 aliphatic rings. The van der Waals surface area contributed by atoms with E-state index in [4.69, 9.17) is 4.18 Å². The number of unbranched alkanes of at least 4 members (excludes halogenated alkanes) is 4. The highest BCUT2D eigenvalue weighted by molar-refractivity contribution is 8.15. The van der Waals surface area contributed by atoms with Crippen molar-refractivity contribution in [3.63, 3.8) is 0 Å². The molecule has 0 saturated carbocycles. The Kier molecular flexibility index (Phi) is 10.1. The van der Waals surface area contributed by atoms with Crippen LogP contribution >= 0.6 is 11.8 Å². The highest BCUT2D eigenvalue weighted by Gasteiger charge is 2.29. The van der Waals surface area contributed by atoms with Crippen LogP contribution in [0, 0.1) is 0 Å². The Morgan fingerprint density at radius 1 is 1.08 bits per heavy atom. The summed E-state index contributed by atoms with van der Waals surface area (Å²) in [4.78, 5) is 23.2. The topological polar surface area (TPSA) is 126 Å². The molecule has 36 heavy (non-hydrogen) atoms. The van der Waals surface area contributed by atoms with E-state index in [0.717, 1.165) is 19.3 Å². The molecule has 11 heteroatoms. The second kappa shape index (κ2) is 13.2. The van der Waals surface area contributed by atoms with E-state index < -0.39 is 10.1 Å². The van der Waals surface area contributed by atoms with Crippen LogP contribution in [0.15, 0.2) is 63.6 Å². The molecule has 1 aliphatic heterocycles. The number of hydrogen-bond donors (Lipinski definition) is 2. The number of nitrogens with one attached hydrogen (secondary N) is 2. The molecule has 1 saturated heterocycles. The number of hydrogen-bond acceptors (Lipinski definition) is 8. The fourth-order valence-electron chi connectivity index (χ4n) is 3.42. The van der Waals surface area contributed by atoms with Crippen molar-refractivity contribution in [1.29, 1.82) is 0 Å². The predicted octanol–water partition coefficient (Wildman–Crippen LogP) is 4.69. The van der Waals surface area contributed by atoms with E-state index in [-0.39, 0.29) is 27.7 Å². The van der Waals surface area contributed by atoms with Gasteiger partial charge in [-0.25, -0.2) is 0 Å². The van der Waals surface area contributed by atoms with E-state index in [1.165, 1.54) is 80.6 Å². The third kappa shape index (κ3) is 8.49. The fraction of sp³-hybridized carbons (Fsp3) is 0.360. The molecule has 1 fully saturated rings. The molecule has 192 valence electrons. The van der Waals surface area contributed by atoms with E-state index >= 15 is 0 Å². The minimum atomic E-state index is -4.03. The van der Waals surface area contributed by atoms with Crippen molar-refractivity contribution < 1.29 is 22.2 Å². The Morgan fingerprint density at radius 2 is 1.78 bits per heavy atom. The average Bonchev–Trinajstić information content (AvgIpc) is 3.19. The molecule has 0 aliphatic carbocycles. The van der Waals surface area contributed by atoms with Crippen LogP contribution in [0.3, 0.4) is 0 Å². The summed E-state index contributed by atoms with van der Waals surface area (Å²) in [6.07, 6.45) is 8.11. The van der Waals surface area contributed by atoms with E-state index in [2.05, 4.69) is 27.8 Å². The standard InChI is InChI=1S/C25H30N4O5S2/c1-3-4-5-6-7-8-23-24(31)28-25(35-23)29-26-17-19-9-13-21(14-10-19)34-36(32,33)22-15-11-20(12-16-22)27-18(2)30/h9-17,23H,3-8H2,1-2H3,(H,27,30)(H,28,29,31)/b26-17+. The van der Waals surface area contributed by atoms with Crippen LogP contribution in [-0.4, -0.2) is 36.9 Å².